The largest absolute Gasteiger partial charge is 0.493 e. The predicted octanol–water partition coefficient (Wildman–Crippen LogP) is 4.78. The van der Waals surface area contributed by atoms with E-state index >= 15 is 0 Å². The molecule has 1 amide bonds. The Morgan fingerprint density at radius 1 is 1.12 bits per heavy atom. The Morgan fingerprint density at radius 2 is 1.88 bits per heavy atom. The van der Waals surface area contributed by atoms with Gasteiger partial charge in [-0.15, -0.1) is 11.3 Å². The van der Waals surface area contributed by atoms with Crippen LogP contribution in [0.3, 0.4) is 0 Å². The van der Waals surface area contributed by atoms with Gasteiger partial charge in [0.15, 0.2) is 5.13 Å². The zero-order valence-corrected chi connectivity index (χ0v) is 14.9. The van der Waals surface area contributed by atoms with Crippen LogP contribution in [0, 0.1) is 0 Å². The van der Waals surface area contributed by atoms with Crippen molar-refractivity contribution >= 4 is 22.4 Å². The maximum Gasteiger partial charge on any atom is 0.226 e. The molecule has 0 atom stereocenters. The molecule has 0 saturated heterocycles. The molecule has 0 fully saturated rings. The van der Waals surface area contributed by atoms with Gasteiger partial charge in [-0.3, -0.25) is 4.79 Å². The molecular weight excluding hydrogens is 332 g/mol. The van der Waals surface area contributed by atoms with E-state index in [-0.39, 0.29) is 5.91 Å². The van der Waals surface area contributed by atoms with Crippen molar-refractivity contribution in [3.05, 3.63) is 65.5 Å². The number of ether oxygens (including phenoxy) is 1. The monoisotopic (exact) mass is 352 g/mol. The number of aryl methyl sites for hydroxylation is 1. The standard InChI is InChI=1S/C20H20N2O2S/c1-2-24-18-11-7-6-10-16(18)17-14-25-20(21-17)22-19(23)13-12-15-8-4-3-5-9-15/h3-11,14H,2,12-13H2,1H3,(H,21,22,23). The second-order valence-electron chi connectivity index (χ2n) is 5.50. The first-order valence-corrected chi connectivity index (χ1v) is 9.15. The van der Waals surface area contributed by atoms with Crippen LogP contribution in [0.2, 0.25) is 0 Å². The molecule has 0 aliphatic carbocycles. The normalized spacial score (nSPS) is 10.4. The summed E-state index contributed by atoms with van der Waals surface area (Å²) in [5.41, 5.74) is 2.90. The average molecular weight is 352 g/mol. The Hall–Kier alpha value is -2.66. The lowest BCUT2D eigenvalue weighted by Crippen LogP contribution is -2.12. The van der Waals surface area contributed by atoms with Crippen LogP contribution in [-0.2, 0) is 11.2 Å². The fourth-order valence-corrected chi connectivity index (χ4v) is 3.23. The summed E-state index contributed by atoms with van der Waals surface area (Å²) < 4.78 is 5.65. The molecule has 3 aromatic rings. The molecule has 0 radical (unpaired) electrons. The summed E-state index contributed by atoms with van der Waals surface area (Å²) in [6, 6.07) is 17.8. The highest BCUT2D eigenvalue weighted by atomic mass is 32.1. The lowest BCUT2D eigenvalue weighted by Gasteiger charge is -2.07. The van der Waals surface area contributed by atoms with Gasteiger partial charge in [-0.25, -0.2) is 4.98 Å². The minimum absolute atomic E-state index is 0.0251. The number of carbonyl (C=O) groups is 1. The summed E-state index contributed by atoms with van der Waals surface area (Å²) in [6.45, 7) is 2.56. The van der Waals surface area contributed by atoms with E-state index in [0.717, 1.165) is 29.0 Å². The fourth-order valence-electron chi connectivity index (χ4n) is 2.50. The number of anilines is 1. The highest BCUT2D eigenvalue weighted by Gasteiger charge is 2.11. The molecule has 0 saturated carbocycles. The first-order valence-electron chi connectivity index (χ1n) is 8.27. The molecule has 1 heterocycles. The molecule has 2 aromatic carbocycles. The minimum Gasteiger partial charge on any atom is -0.493 e. The molecule has 0 spiro atoms. The Kier molecular flexibility index (Phi) is 5.80. The van der Waals surface area contributed by atoms with Crippen molar-refractivity contribution in [2.75, 3.05) is 11.9 Å². The quantitative estimate of drug-likeness (QED) is 0.666. The third kappa shape index (κ3) is 4.67. The van der Waals surface area contributed by atoms with Crippen LogP contribution in [-0.4, -0.2) is 17.5 Å². The SMILES string of the molecule is CCOc1ccccc1-c1csc(NC(=O)CCc2ccccc2)n1. The number of nitrogens with one attached hydrogen (secondary N) is 1. The second-order valence-corrected chi connectivity index (χ2v) is 6.36. The van der Waals surface area contributed by atoms with Crippen LogP contribution in [0.15, 0.2) is 60.0 Å². The summed E-state index contributed by atoms with van der Waals surface area (Å²) in [7, 11) is 0. The summed E-state index contributed by atoms with van der Waals surface area (Å²) in [4.78, 5) is 16.7. The number of thiazole rings is 1. The van der Waals surface area contributed by atoms with Gasteiger partial charge in [-0.1, -0.05) is 42.5 Å². The van der Waals surface area contributed by atoms with Crippen LogP contribution >= 0.6 is 11.3 Å². The zero-order chi connectivity index (χ0) is 17.5. The van der Waals surface area contributed by atoms with Crippen molar-refractivity contribution in [3.63, 3.8) is 0 Å². The predicted molar refractivity (Wildman–Crippen MR) is 102 cm³/mol. The summed E-state index contributed by atoms with van der Waals surface area (Å²) in [5.74, 6) is 0.778. The van der Waals surface area contributed by atoms with E-state index in [2.05, 4.69) is 10.3 Å². The highest BCUT2D eigenvalue weighted by molar-refractivity contribution is 7.14. The highest BCUT2D eigenvalue weighted by Crippen LogP contribution is 2.32. The van der Waals surface area contributed by atoms with E-state index in [4.69, 9.17) is 4.74 Å². The van der Waals surface area contributed by atoms with Gasteiger partial charge in [0.25, 0.3) is 0 Å². The number of hydrogen-bond acceptors (Lipinski definition) is 4. The van der Waals surface area contributed by atoms with Crippen molar-refractivity contribution in [1.82, 2.24) is 4.98 Å². The third-order valence-corrected chi connectivity index (χ3v) is 4.45. The first-order chi connectivity index (χ1) is 12.3. The van der Waals surface area contributed by atoms with E-state index in [1.54, 1.807) is 0 Å². The molecule has 25 heavy (non-hydrogen) atoms. The van der Waals surface area contributed by atoms with Crippen LogP contribution in [0.4, 0.5) is 5.13 Å². The molecule has 128 valence electrons. The molecule has 0 bridgehead atoms. The lowest BCUT2D eigenvalue weighted by molar-refractivity contribution is -0.116. The van der Waals surface area contributed by atoms with Gasteiger partial charge in [0.1, 0.15) is 5.75 Å². The summed E-state index contributed by atoms with van der Waals surface area (Å²) >= 11 is 1.42. The van der Waals surface area contributed by atoms with E-state index in [0.29, 0.717) is 18.2 Å². The van der Waals surface area contributed by atoms with Gasteiger partial charge in [0.05, 0.1) is 12.3 Å². The van der Waals surface area contributed by atoms with Gasteiger partial charge >= 0.3 is 0 Å². The number of amides is 1. The number of aromatic nitrogens is 1. The van der Waals surface area contributed by atoms with Crippen molar-refractivity contribution < 1.29 is 9.53 Å². The fraction of sp³-hybridized carbons (Fsp3) is 0.200. The molecule has 1 N–H and O–H groups in total. The van der Waals surface area contributed by atoms with E-state index in [1.807, 2.05) is 66.9 Å². The second kappa shape index (κ2) is 8.44. The van der Waals surface area contributed by atoms with Crippen LogP contribution in [0.5, 0.6) is 5.75 Å². The molecule has 5 heteroatoms. The molecule has 0 aliphatic heterocycles. The molecule has 1 aromatic heterocycles. The maximum atomic E-state index is 12.1. The summed E-state index contributed by atoms with van der Waals surface area (Å²) in [6.07, 6.45) is 1.16. The Morgan fingerprint density at radius 3 is 2.68 bits per heavy atom. The van der Waals surface area contributed by atoms with Crippen LogP contribution in [0.1, 0.15) is 18.9 Å². The molecular formula is C20H20N2O2S. The van der Waals surface area contributed by atoms with Crippen LogP contribution < -0.4 is 10.1 Å². The Balaban J connectivity index is 1.63. The molecule has 4 nitrogen and oxygen atoms in total. The number of hydrogen-bond donors (Lipinski definition) is 1. The van der Waals surface area contributed by atoms with Gasteiger partial charge in [0, 0.05) is 17.4 Å². The molecule has 3 rings (SSSR count). The Bertz CT molecular complexity index is 830. The molecule has 0 aliphatic rings. The number of carbonyl (C=O) groups excluding carboxylic acids is 1. The average Bonchev–Trinajstić information content (AvgIpc) is 3.10. The van der Waals surface area contributed by atoms with E-state index < -0.39 is 0 Å². The van der Waals surface area contributed by atoms with E-state index in [1.165, 1.54) is 11.3 Å². The smallest absolute Gasteiger partial charge is 0.226 e. The first kappa shape index (κ1) is 17.2. The number of nitrogens with zero attached hydrogens (tertiary/aromatic N) is 1. The van der Waals surface area contributed by atoms with Gasteiger partial charge < -0.3 is 10.1 Å². The van der Waals surface area contributed by atoms with Crippen molar-refractivity contribution in [2.24, 2.45) is 0 Å². The van der Waals surface area contributed by atoms with E-state index in [9.17, 15) is 4.79 Å². The topological polar surface area (TPSA) is 51.2 Å². The van der Waals surface area contributed by atoms with Crippen LogP contribution in [0.25, 0.3) is 11.3 Å². The summed E-state index contributed by atoms with van der Waals surface area (Å²) in [5, 5.41) is 5.43. The number of rotatable bonds is 7. The number of benzene rings is 2. The maximum absolute atomic E-state index is 12.1. The van der Waals surface area contributed by atoms with Gasteiger partial charge in [-0.2, -0.15) is 0 Å². The third-order valence-electron chi connectivity index (χ3n) is 3.70. The van der Waals surface area contributed by atoms with Gasteiger partial charge in [0.2, 0.25) is 5.91 Å². The lowest BCUT2D eigenvalue weighted by atomic mass is 10.1. The molecule has 0 unspecified atom stereocenters. The minimum atomic E-state index is -0.0251. The number of para-hydroxylation sites is 1. The Labute approximate surface area is 151 Å². The van der Waals surface area contributed by atoms with Crippen molar-refractivity contribution in [1.29, 1.82) is 0 Å². The van der Waals surface area contributed by atoms with Crippen molar-refractivity contribution in [3.8, 4) is 17.0 Å². The van der Waals surface area contributed by atoms with Gasteiger partial charge in [-0.05, 0) is 31.0 Å². The van der Waals surface area contributed by atoms with Crippen molar-refractivity contribution in [2.45, 2.75) is 19.8 Å². The zero-order valence-electron chi connectivity index (χ0n) is 14.1.